The lowest BCUT2D eigenvalue weighted by Crippen LogP contribution is -2.38. The Bertz CT molecular complexity index is 934. The fraction of sp³-hybridized carbons (Fsp3) is 0.261. The number of piperidine rings is 1. The van der Waals surface area contributed by atoms with Crippen LogP contribution in [0.15, 0.2) is 72.9 Å². The van der Waals surface area contributed by atoms with Gasteiger partial charge in [0, 0.05) is 37.7 Å². The summed E-state index contributed by atoms with van der Waals surface area (Å²) < 4.78 is 45.1. The summed E-state index contributed by atoms with van der Waals surface area (Å²) >= 11 is 0. The van der Waals surface area contributed by atoms with Crippen molar-refractivity contribution in [3.05, 3.63) is 78.5 Å². The molecule has 4 rings (SSSR count). The Balaban J connectivity index is 1.38. The van der Waals surface area contributed by atoms with E-state index in [1.807, 2.05) is 48.7 Å². The zero-order valence-corrected chi connectivity index (χ0v) is 15.8. The third kappa shape index (κ3) is 4.53. The first kappa shape index (κ1) is 19.3. The molecule has 3 nitrogen and oxygen atoms in total. The van der Waals surface area contributed by atoms with E-state index >= 15 is 0 Å². The van der Waals surface area contributed by atoms with Crippen molar-refractivity contribution in [3.63, 3.8) is 0 Å². The lowest BCUT2D eigenvalue weighted by molar-refractivity contribution is -0.139. The predicted octanol–water partition coefficient (Wildman–Crippen LogP) is 5.82. The highest BCUT2D eigenvalue weighted by atomic mass is 19.4. The molecule has 1 aliphatic rings. The van der Waals surface area contributed by atoms with Gasteiger partial charge in [0.1, 0.15) is 17.7 Å². The molecule has 6 heteroatoms. The molecule has 0 saturated carbocycles. The van der Waals surface area contributed by atoms with Crippen molar-refractivity contribution in [2.45, 2.75) is 25.1 Å². The number of anilines is 1. The highest BCUT2D eigenvalue weighted by Gasteiger charge is 2.35. The van der Waals surface area contributed by atoms with Crippen LogP contribution in [0.4, 0.5) is 19.0 Å². The first-order chi connectivity index (χ1) is 14.0. The van der Waals surface area contributed by atoms with Gasteiger partial charge in [0.15, 0.2) is 0 Å². The zero-order valence-electron chi connectivity index (χ0n) is 15.8. The van der Waals surface area contributed by atoms with Gasteiger partial charge >= 0.3 is 6.18 Å². The minimum atomic E-state index is -4.41. The van der Waals surface area contributed by atoms with E-state index in [-0.39, 0.29) is 11.9 Å². The molecular weight excluding hydrogens is 377 g/mol. The van der Waals surface area contributed by atoms with Gasteiger partial charge in [0.2, 0.25) is 0 Å². The third-order valence-corrected chi connectivity index (χ3v) is 5.11. The molecule has 0 spiro atoms. The number of aromatic nitrogens is 1. The molecule has 1 fully saturated rings. The van der Waals surface area contributed by atoms with Crippen molar-refractivity contribution in [1.29, 1.82) is 0 Å². The molecule has 0 amide bonds. The van der Waals surface area contributed by atoms with Gasteiger partial charge < -0.3 is 9.64 Å². The SMILES string of the molecule is FC(F)(F)c1ccccc1OC1CCN(c2ccc(-c3ccccc3)cn2)CC1. The lowest BCUT2D eigenvalue weighted by atomic mass is 10.1. The van der Waals surface area contributed by atoms with Crippen LogP contribution in [0.5, 0.6) is 5.75 Å². The highest BCUT2D eigenvalue weighted by Crippen LogP contribution is 2.37. The Morgan fingerprint density at radius 2 is 1.52 bits per heavy atom. The Morgan fingerprint density at radius 3 is 2.17 bits per heavy atom. The molecule has 0 aliphatic carbocycles. The highest BCUT2D eigenvalue weighted by molar-refractivity contribution is 5.63. The number of hydrogen-bond donors (Lipinski definition) is 0. The van der Waals surface area contributed by atoms with E-state index in [4.69, 9.17) is 4.74 Å². The zero-order chi connectivity index (χ0) is 20.3. The summed E-state index contributed by atoms with van der Waals surface area (Å²) in [7, 11) is 0. The Kier molecular flexibility index (Phi) is 5.43. The van der Waals surface area contributed by atoms with E-state index in [1.165, 1.54) is 12.1 Å². The first-order valence-corrected chi connectivity index (χ1v) is 9.60. The molecule has 1 saturated heterocycles. The number of nitrogens with zero attached hydrogens (tertiary/aromatic N) is 2. The average Bonchev–Trinajstić information content (AvgIpc) is 2.75. The monoisotopic (exact) mass is 398 g/mol. The number of hydrogen-bond acceptors (Lipinski definition) is 3. The maximum Gasteiger partial charge on any atom is 0.419 e. The molecule has 2 heterocycles. The Labute approximate surface area is 167 Å². The van der Waals surface area contributed by atoms with Crippen LogP contribution in [0.2, 0.25) is 0 Å². The molecule has 1 aliphatic heterocycles. The van der Waals surface area contributed by atoms with Crippen LogP contribution in [-0.4, -0.2) is 24.2 Å². The smallest absolute Gasteiger partial charge is 0.419 e. The fourth-order valence-corrected chi connectivity index (χ4v) is 3.56. The van der Waals surface area contributed by atoms with Gasteiger partial charge in [-0.25, -0.2) is 4.98 Å². The Hall–Kier alpha value is -3.02. The molecule has 0 radical (unpaired) electrons. The van der Waals surface area contributed by atoms with Crippen LogP contribution in [-0.2, 0) is 6.18 Å². The predicted molar refractivity (Wildman–Crippen MR) is 107 cm³/mol. The van der Waals surface area contributed by atoms with Gasteiger partial charge in [-0.1, -0.05) is 42.5 Å². The second-order valence-corrected chi connectivity index (χ2v) is 7.07. The summed E-state index contributed by atoms with van der Waals surface area (Å²) in [5, 5.41) is 0. The molecule has 0 N–H and O–H groups in total. The quantitative estimate of drug-likeness (QED) is 0.554. The largest absolute Gasteiger partial charge is 0.490 e. The average molecular weight is 398 g/mol. The summed E-state index contributed by atoms with van der Waals surface area (Å²) in [6.45, 7) is 1.38. The number of benzene rings is 2. The molecule has 0 unspecified atom stereocenters. The molecule has 3 aromatic rings. The number of alkyl halides is 3. The Morgan fingerprint density at radius 1 is 0.828 bits per heavy atom. The maximum atomic E-state index is 13.1. The topological polar surface area (TPSA) is 25.4 Å². The van der Waals surface area contributed by atoms with Crippen molar-refractivity contribution >= 4 is 5.82 Å². The summed E-state index contributed by atoms with van der Waals surface area (Å²) in [5.74, 6) is 0.780. The van der Waals surface area contributed by atoms with Crippen LogP contribution < -0.4 is 9.64 Å². The number of para-hydroxylation sites is 1. The number of ether oxygens (including phenoxy) is 1. The summed E-state index contributed by atoms with van der Waals surface area (Å²) in [6.07, 6.45) is -1.50. The van der Waals surface area contributed by atoms with Gasteiger partial charge in [-0.3, -0.25) is 0 Å². The minimum absolute atomic E-state index is 0.0937. The van der Waals surface area contributed by atoms with Gasteiger partial charge in [0.25, 0.3) is 0 Å². The minimum Gasteiger partial charge on any atom is -0.490 e. The molecule has 0 bridgehead atoms. The van der Waals surface area contributed by atoms with E-state index in [0.29, 0.717) is 25.9 Å². The van der Waals surface area contributed by atoms with Crippen LogP contribution in [0.25, 0.3) is 11.1 Å². The molecule has 2 aromatic carbocycles. The molecule has 1 aromatic heterocycles. The number of rotatable bonds is 4. The van der Waals surface area contributed by atoms with Gasteiger partial charge in [-0.05, 0) is 29.8 Å². The van der Waals surface area contributed by atoms with Crippen molar-refractivity contribution in [2.24, 2.45) is 0 Å². The third-order valence-electron chi connectivity index (χ3n) is 5.11. The van der Waals surface area contributed by atoms with Crippen LogP contribution in [0, 0.1) is 0 Å². The standard InChI is InChI=1S/C23H21F3N2O/c24-23(25,26)20-8-4-5-9-21(20)29-19-12-14-28(15-13-19)22-11-10-18(16-27-22)17-6-2-1-3-7-17/h1-11,16,19H,12-15H2. The van der Waals surface area contributed by atoms with Crippen molar-refractivity contribution in [1.82, 2.24) is 4.98 Å². The summed E-state index contributed by atoms with van der Waals surface area (Å²) in [4.78, 5) is 6.71. The van der Waals surface area contributed by atoms with Crippen molar-refractivity contribution in [3.8, 4) is 16.9 Å². The van der Waals surface area contributed by atoms with Crippen LogP contribution in [0.3, 0.4) is 0 Å². The second kappa shape index (κ2) is 8.15. The molecule has 150 valence electrons. The van der Waals surface area contributed by atoms with Crippen molar-refractivity contribution < 1.29 is 17.9 Å². The fourth-order valence-electron chi connectivity index (χ4n) is 3.56. The number of pyridine rings is 1. The summed E-state index contributed by atoms with van der Waals surface area (Å²) in [6, 6.07) is 19.5. The van der Waals surface area contributed by atoms with Gasteiger partial charge in [-0.15, -0.1) is 0 Å². The van der Waals surface area contributed by atoms with E-state index in [0.717, 1.165) is 23.0 Å². The maximum absolute atomic E-state index is 13.1. The van der Waals surface area contributed by atoms with E-state index in [1.54, 1.807) is 6.07 Å². The van der Waals surface area contributed by atoms with Gasteiger partial charge in [0.05, 0.1) is 5.56 Å². The van der Waals surface area contributed by atoms with E-state index in [2.05, 4.69) is 9.88 Å². The summed E-state index contributed by atoms with van der Waals surface area (Å²) in [5.41, 5.74) is 1.44. The lowest BCUT2D eigenvalue weighted by Gasteiger charge is -2.33. The molecule has 0 atom stereocenters. The second-order valence-electron chi connectivity index (χ2n) is 7.07. The first-order valence-electron chi connectivity index (χ1n) is 9.60. The van der Waals surface area contributed by atoms with E-state index in [9.17, 15) is 13.2 Å². The van der Waals surface area contributed by atoms with Crippen LogP contribution >= 0.6 is 0 Å². The van der Waals surface area contributed by atoms with Crippen molar-refractivity contribution in [2.75, 3.05) is 18.0 Å². The normalized spacial score (nSPS) is 15.3. The molecular formula is C23H21F3N2O. The molecule has 29 heavy (non-hydrogen) atoms. The van der Waals surface area contributed by atoms with E-state index < -0.39 is 11.7 Å². The number of halogens is 3. The van der Waals surface area contributed by atoms with Crippen LogP contribution in [0.1, 0.15) is 18.4 Å². The van der Waals surface area contributed by atoms with Gasteiger partial charge in [-0.2, -0.15) is 13.2 Å².